The number of hydrogen-bond donors (Lipinski definition) is 0. The summed E-state index contributed by atoms with van der Waals surface area (Å²) < 4.78 is 16.7. The summed E-state index contributed by atoms with van der Waals surface area (Å²) >= 11 is 0. The number of hydrogen-bond acceptors (Lipinski definition) is 6. The molecule has 0 saturated heterocycles. The van der Waals surface area contributed by atoms with E-state index in [2.05, 4.69) is 93.7 Å². The van der Waals surface area contributed by atoms with Gasteiger partial charge in [-0.05, 0) is 109 Å². The average Bonchev–Trinajstić information content (AvgIpc) is 3.26. The molecule has 0 unspecified atom stereocenters. The third-order valence-corrected chi connectivity index (χ3v) is 10.7. The number of allylic oxidation sites excluding steroid dienone is 12. The number of unbranched alkanes of at least 4 members (excludes halogenated alkanes) is 22. The second kappa shape index (κ2) is 49.5. The highest BCUT2D eigenvalue weighted by molar-refractivity contribution is 5.71. The van der Waals surface area contributed by atoms with Crippen LogP contribution in [0.1, 0.15) is 239 Å². The lowest BCUT2D eigenvalue weighted by Gasteiger charge is -2.18. The molecule has 0 aromatic carbocycles. The van der Waals surface area contributed by atoms with Crippen molar-refractivity contribution in [2.75, 3.05) is 13.2 Å². The van der Waals surface area contributed by atoms with E-state index < -0.39 is 6.10 Å². The summed E-state index contributed by atoms with van der Waals surface area (Å²) in [6, 6.07) is 0. The van der Waals surface area contributed by atoms with Crippen molar-refractivity contribution < 1.29 is 28.6 Å². The van der Waals surface area contributed by atoms with Gasteiger partial charge in [0.2, 0.25) is 0 Å². The fourth-order valence-electron chi connectivity index (χ4n) is 6.75. The van der Waals surface area contributed by atoms with Gasteiger partial charge in [-0.2, -0.15) is 0 Å². The van der Waals surface area contributed by atoms with Crippen LogP contribution in [0.15, 0.2) is 72.9 Å². The Kier molecular flexibility index (Phi) is 46.9. The van der Waals surface area contributed by atoms with Crippen molar-refractivity contribution >= 4 is 17.9 Å². The third-order valence-electron chi connectivity index (χ3n) is 10.7. The number of rotatable bonds is 45. The second-order valence-corrected chi connectivity index (χ2v) is 16.7. The van der Waals surface area contributed by atoms with Crippen molar-refractivity contribution in [2.45, 2.75) is 245 Å². The van der Waals surface area contributed by atoms with Crippen LogP contribution < -0.4 is 0 Å². The van der Waals surface area contributed by atoms with E-state index in [1.54, 1.807) is 0 Å². The summed E-state index contributed by atoms with van der Waals surface area (Å²) in [5, 5.41) is 0. The van der Waals surface area contributed by atoms with Crippen LogP contribution in [0.3, 0.4) is 0 Å². The van der Waals surface area contributed by atoms with Crippen LogP contribution in [0.4, 0.5) is 0 Å². The topological polar surface area (TPSA) is 78.9 Å². The number of carbonyl (C=O) groups excluding carboxylic acids is 3. The molecule has 6 heteroatoms. The summed E-state index contributed by atoms with van der Waals surface area (Å²) in [6.07, 6.45) is 61.7. The van der Waals surface area contributed by atoms with Crippen molar-refractivity contribution in [3.05, 3.63) is 72.9 Å². The van der Waals surface area contributed by atoms with E-state index in [0.717, 1.165) is 89.9 Å². The molecule has 0 fully saturated rings. The highest BCUT2D eigenvalue weighted by atomic mass is 16.6. The highest BCUT2D eigenvalue weighted by Crippen LogP contribution is 2.13. The predicted octanol–water partition coefficient (Wildman–Crippen LogP) is 16.6. The molecule has 0 aromatic rings. The van der Waals surface area contributed by atoms with Gasteiger partial charge in [0.25, 0.3) is 0 Å². The molecular formula is C55H94O6. The average molecular weight is 851 g/mol. The molecule has 0 aliphatic carbocycles. The van der Waals surface area contributed by atoms with Gasteiger partial charge < -0.3 is 14.2 Å². The van der Waals surface area contributed by atoms with E-state index >= 15 is 0 Å². The minimum absolute atomic E-state index is 0.0979. The van der Waals surface area contributed by atoms with Gasteiger partial charge in [-0.3, -0.25) is 14.4 Å². The Morgan fingerprint density at radius 3 is 1.02 bits per heavy atom. The van der Waals surface area contributed by atoms with Crippen LogP contribution >= 0.6 is 0 Å². The van der Waals surface area contributed by atoms with Crippen LogP contribution in [0.2, 0.25) is 0 Å². The zero-order valence-corrected chi connectivity index (χ0v) is 39.9. The quantitative estimate of drug-likeness (QED) is 0.0263. The normalized spacial score (nSPS) is 12.6. The van der Waals surface area contributed by atoms with E-state index in [4.69, 9.17) is 14.2 Å². The Labute approximate surface area is 376 Å². The summed E-state index contributed by atoms with van der Waals surface area (Å²) in [6.45, 7) is 6.49. The Hall–Kier alpha value is -3.15. The largest absolute Gasteiger partial charge is 0.462 e. The molecule has 0 aliphatic rings. The minimum atomic E-state index is -0.800. The molecule has 0 aromatic heterocycles. The smallest absolute Gasteiger partial charge is 0.306 e. The van der Waals surface area contributed by atoms with Crippen LogP contribution in [0.5, 0.6) is 0 Å². The van der Waals surface area contributed by atoms with E-state index in [-0.39, 0.29) is 37.5 Å². The summed E-state index contributed by atoms with van der Waals surface area (Å²) in [4.78, 5) is 37.9. The molecule has 6 nitrogen and oxygen atoms in total. The van der Waals surface area contributed by atoms with Crippen molar-refractivity contribution in [3.63, 3.8) is 0 Å². The van der Waals surface area contributed by atoms with Gasteiger partial charge in [0.15, 0.2) is 6.10 Å². The molecule has 0 saturated carbocycles. The molecule has 0 N–H and O–H groups in total. The van der Waals surface area contributed by atoms with Crippen LogP contribution in [-0.4, -0.2) is 37.2 Å². The first kappa shape index (κ1) is 57.9. The first-order valence-corrected chi connectivity index (χ1v) is 25.4. The van der Waals surface area contributed by atoms with E-state index in [1.807, 2.05) is 0 Å². The van der Waals surface area contributed by atoms with Crippen LogP contribution in [0.25, 0.3) is 0 Å². The lowest BCUT2D eigenvalue weighted by Crippen LogP contribution is -2.30. The molecule has 0 spiro atoms. The fraction of sp³-hybridized carbons (Fsp3) is 0.727. The molecule has 0 aliphatic heterocycles. The second-order valence-electron chi connectivity index (χ2n) is 16.7. The third kappa shape index (κ3) is 47.7. The Bertz CT molecular complexity index is 1160. The maximum absolute atomic E-state index is 12.8. The molecule has 0 amide bonds. The Morgan fingerprint density at radius 1 is 0.328 bits per heavy atom. The monoisotopic (exact) mass is 851 g/mol. The molecule has 0 radical (unpaired) electrons. The predicted molar refractivity (Wildman–Crippen MR) is 261 cm³/mol. The summed E-state index contributed by atoms with van der Waals surface area (Å²) in [5.41, 5.74) is 0. The first-order valence-electron chi connectivity index (χ1n) is 25.4. The molecule has 350 valence electrons. The maximum atomic E-state index is 12.8. The molecule has 0 rings (SSSR count). The van der Waals surface area contributed by atoms with Gasteiger partial charge in [-0.25, -0.2) is 0 Å². The molecular weight excluding hydrogens is 757 g/mol. The van der Waals surface area contributed by atoms with Gasteiger partial charge in [0, 0.05) is 19.3 Å². The van der Waals surface area contributed by atoms with Gasteiger partial charge in [0.05, 0.1) is 0 Å². The highest BCUT2D eigenvalue weighted by Gasteiger charge is 2.19. The first-order chi connectivity index (χ1) is 30.0. The van der Waals surface area contributed by atoms with Crippen molar-refractivity contribution in [1.29, 1.82) is 0 Å². The zero-order valence-electron chi connectivity index (χ0n) is 39.9. The van der Waals surface area contributed by atoms with Crippen LogP contribution in [0, 0.1) is 0 Å². The number of ether oxygens (including phenoxy) is 3. The van der Waals surface area contributed by atoms with E-state index in [1.165, 1.54) is 103 Å². The van der Waals surface area contributed by atoms with Gasteiger partial charge in [0.1, 0.15) is 13.2 Å². The van der Waals surface area contributed by atoms with Crippen LogP contribution in [-0.2, 0) is 28.6 Å². The number of esters is 3. The maximum Gasteiger partial charge on any atom is 0.306 e. The van der Waals surface area contributed by atoms with Crippen molar-refractivity contribution in [2.24, 2.45) is 0 Å². The fourth-order valence-corrected chi connectivity index (χ4v) is 6.75. The Balaban J connectivity index is 4.45. The van der Waals surface area contributed by atoms with Gasteiger partial charge in [-0.15, -0.1) is 0 Å². The van der Waals surface area contributed by atoms with Crippen molar-refractivity contribution in [1.82, 2.24) is 0 Å². The molecule has 61 heavy (non-hydrogen) atoms. The van der Waals surface area contributed by atoms with Crippen molar-refractivity contribution in [3.8, 4) is 0 Å². The Morgan fingerprint density at radius 2 is 0.607 bits per heavy atom. The minimum Gasteiger partial charge on any atom is -0.462 e. The molecule has 1 atom stereocenters. The number of carbonyl (C=O) groups is 3. The summed E-state index contributed by atoms with van der Waals surface area (Å²) in [7, 11) is 0. The SMILES string of the molecule is CCCC/C=C\CCCCCCCC(=O)OC[C@@H](COC(=O)CCCCCCCCC/C=C\C/C=C\CCCCC)OC(=O)CCCC/C=C\C/C=C\C/C=C\CCCCC. The molecule has 0 bridgehead atoms. The van der Waals surface area contributed by atoms with Gasteiger partial charge >= 0.3 is 17.9 Å². The standard InChI is InChI=1S/C55H94O6/c1-4-7-10-13-16-19-22-24-26-27-29-30-33-36-39-42-45-48-54(57)60-51-52(50-59-53(56)47-44-41-38-35-32-21-18-15-12-9-6-3)61-55(58)49-46-43-40-37-34-31-28-25-23-20-17-14-11-8-5-2/h15-20,24-26,28,34,37,52H,4-14,21-23,27,29-33,35-36,38-51H2,1-3H3/b18-15-,19-16-,20-17-,26-24-,28-25-,37-34-/t52-/m0/s1. The lowest BCUT2D eigenvalue weighted by molar-refractivity contribution is -0.167. The van der Waals surface area contributed by atoms with Gasteiger partial charge in [-0.1, -0.05) is 184 Å². The van der Waals surface area contributed by atoms with E-state index in [0.29, 0.717) is 19.3 Å². The molecule has 0 heterocycles. The van der Waals surface area contributed by atoms with E-state index in [9.17, 15) is 14.4 Å². The lowest BCUT2D eigenvalue weighted by atomic mass is 10.1. The zero-order chi connectivity index (χ0) is 44.4. The summed E-state index contributed by atoms with van der Waals surface area (Å²) in [5.74, 6) is -0.954.